The number of ether oxygens (including phenoxy) is 1. The summed E-state index contributed by atoms with van der Waals surface area (Å²) in [5.74, 6) is 1.43. The number of amides is 1. The molecule has 1 amide bonds. The summed E-state index contributed by atoms with van der Waals surface area (Å²) < 4.78 is 10.5. The highest BCUT2D eigenvalue weighted by molar-refractivity contribution is 5.94. The number of aromatic nitrogens is 1. The molecular weight excluding hydrogens is 328 g/mol. The maximum Gasteiger partial charge on any atom is 0.254 e. The normalized spacial score (nSPS) is 10.6. The van der Waals surface area contributed by atoms with Gasteiger partial charge in [-0.15, -0.1) is 0 Å². The van der Waals surface area contributed by atoms with Crippen LogP contribution in [0.2, 0.25) is 0 Å². The van der Waals surface area contributed by atoms with Gasteiger partial charge in [0, 0.05) is 18.7 Å². The first-order valence-electron chi connectivity index (χ1n) is 8.55. The molecule has 0 aliphatic heterocycles. The molecule has 3 rings (SSSR count). The van der Waals surface area contributed by atoms with Gasteiger partial charge in [0.1, 0.15) is 5.75 Å². The van der Waals surface area contributed by atoms with E-state index in [0.717, 1.165) is 29.0 Å². The first-order valence-corrected chi connectivity index (χ1v) is 8.55. The molecule has 0 saturated carbocycles. The lowest BCUT2D eigenvalue weighted by Gasteiger charge is -2.15. The van der Waals surface area contributed by atoms with E-state index in [0.29, 0.717) is 17.9 Å². The Hall–Kier alpha value is -3.08. The van der Waals surface area contributed by atoms with Crippen LogP contribution in [0, 0.1) is 0 Å². The van der Waals surface area contributed by atoms with Crippen molar-refractivity contribution in [2.45, 2.75) is 19.9 Å². The molecule has 2 aromatic carbocycles. The van der Waals surface area contributed by atoms with Crippen molar-refractivity contribution in [1.29, 1.82) is 0 Å². The van der Waals surface area contributed by atoms with Crippen molar-refractivity contribution in [2.24, 2.45) is 0 Å². The highest BCUT2D eigenvalue weighted by Gasteiger charge is 2.14. The zero-order valence-electron chi connectivity index (χ0n) is 15.2. The highest BCUT2D eigenvalue weighted by Crippen LogP contribution is 2.24. The summed E-state index contributed by atoms with van der Waals surface area (Å²) in [6, 6.07) is 17.3. The van der Waals surface area contributed by atoms with E-state index in [2.05, 4.69) is 5.16 Å². The second-order valence-electron chi connectivity index (χ2n) is 6.11. The number of carbonyl (C=O) groups is 1. The highest BCUT2D eigenvalue weighted by atomic mass is 16.5. The van der Waals surface area contributed by atoms with Crippen LogP contribution in [0.1, 0.15) is 28.7 Å². The van der Waals surface area contributed by atoms with Crippen molar-refractivity contribution in [1.82, 2.24) is 10.1 Å². The second kappa shape index (κ2) is 7.87. The minimum Gasteiger partial charge on any atom is -0.497 e. The van der Waals surface area contributed by atoms with Crippen LogP contribution in [-0.4, -0.2) is 30.1 Å². The number of hydrogen-bond donors (Lipinski definition) is 0. The van der Waals surface area contributed by atoms with Crippen LogP contribution in [0.3, 0.4) is 0 Å². The number of nitrogens with zero attached hydrogens (tertiary/aromatic N) is 2. The van der Waals surface area contributed by atoms with Crippen LogP contribution >= 0.6 is 0 Å². The zero-order valence-corrected chi connectivity index (χ0v) is 15.2. The Morgan fingerprint density at radius 2 is 1.88 bits per heavy atom. The van der Waals surface area contributed by atoms with Crippen LogP contribution in [0.25, 0.3) is 11.1 Å². The molecule has 5 nitrogen and oxygen atoms in total. The summed E-state index contributed by atoms with van der Waals surface area (Å²) in [5, 5.41) is 3.96. The van der Waals surface area contributed by atoms with Crippen molar-refractivity contribution in [2.75, 3.05) is 14.2 Å². The fourth-order valence-electron chi connectivity index (χ4n) is 2.73. The quantitative estimate of drug-likeness (QED) is 0.669. The molecule has 26 heavy (non-hydrogen) atoms. The topological polar surface area (TPSA) is 55.6 Å². The molecule has 0 fully saturated rings. The van der Waals surface area contributed by atoms with Crippen molar-refractivity contribution in [3.63, 3.8) is 0 Å². The van der Waals surface area contributed by atoms with E-state index in [1.54, 1.807) is 19.1 Å². The standard InChI is InChI=1S/C21H22N2O3/c1-4-18-13-20(26-22-18)14-23(2)21(24)16-10-8-15(9-11-16)17-6-5-7-19(12-17)25-3/h5-13H,4,14H2,1-3H3. The van der Waals surface area contributed by atoms with Crippen molar-refractivity contribution in [3.8, 4) is 16.9 Å². The molecule has 1 aromatic heterocycles. The van der Waals surface area contributed by atoms with E-state index in [9.17, 15) is 4.79 Å². The van der Waals surface area contributed by atoms with E-state index in [1.165, 1.54) is 0 Å². The smallest absolute Gasteiger partial charge is 0.254 e. The minimum atomic E-state index is -0.0587. The van der Waals surface area contributed by atoms with Gasteiger partial charge in [0.2, 0.25) is 0 Å². The Morgan fingerprint density at radius 3 is 2.54 bits per heavy atom. The molecule has 0 N–H and O–H groups in total. The molecule has 0 saturated heterocycles. The van der Waals surface area contributed by atoms with E-state index < -0.39 is 0 Å². The number of hydrogen-bond acceptors (Lipinski definition) is 4. The maximum absolute atomic E-state index is 12.6. The zero-order chi connectivity index (χ0) is 18.5. The molecule has 0 radical (unpaired) electrons. The molecule has 0 atom stereocenters. The molecule has 0 aliphatic carbocycles. The second-order valence-corrected chi connectivity index (χ2v) is 6.11. The number of methoxy groups -OCH3 is 1. The lowest BCUT2D eigenvalue weighted by molar-refractivity contribution is 0.0772. The van der Waals surface area contributed by atoms with Crippen LogP contribution in [0.5, 0.6) is 5.75 Å². The number of aryl methyl sites for hydroxylation is 1. The van der Waals surface area contributed by atoms with Gasteiger partial charge in [0.15, 0.2) is 5.76 Å². The van der Waals surface area contributed by atoms with Crippen molar-refractivity contribution < 1.29 is 14.1 Å². The Balaban J connectivity index is 1.71. The first-order chi connectivity index (χ1) is 12.6. The summed E-state index contributed by atoms with van der Waals surface area (Å²) in [6.07, 6.45) is 0.812. The molecule has 134 valence electrons. The summed E-state index contributed by atoms with van der Waals surface area (Å²) >= 11 is 0. The van der Waals surface area contributed by atoms with E-state index in [4.69, 9.17) is 9.26 Å². The molecule has 0 aliphatic rings. The van der Waals surface area contributed by atoms with Gasteiger partial charge in [-0.2, -0.15) is 0 Å². The Morgan fingerprint density at radius 1 is 1.12 bits per heavy atom. The van der Waals surface area contributed by atoms with Crippen LogP contribution in [-0.2, 0) is 13.0 Å². The molecule has 0 spiro atoms. The monoisotopic (exact) mass is 350 g/mol. The average molecular weight is 350 g/mol. The van der Waals surface area contributed by atoms with Crippen LogP contribution < -0.4 is 4.74 Å². The SMILES string of the molecule is CCc1cc(CN(C)C(=O)c2ccc(-c3cccc(OC)c3)cc2)on1. The fraction of sp³-hybridized carbons (Fsp3) is 0.238. The lowest BCUT2D eigenvalue weighted by Crippen LogP contribution is -2.25. The average Bonchev–Trinajstić information content (AvgIpc) is 3.15. The molecule has 1 heterocycles. The molecule has 0 bridgehead atoms. The molecule has 5 heteroatoms. The van der Waals surface area contributed by atoms with Crippen molar-refractivity contribution >= 4 is 5.91 Å². The Bertz CT molecular complexity index is 884. The van der Waals surface area contributed by atoms with E-state index >= 15 is 0 Å². The van der Waals surface area contributed by atoms with Gasteiger partial charge in [0.05, 0.1) is 19.3 Å². The van der Waals surface area contributed by atoms with Gasteiger partial charge in [0.25, 0.3) is 5.91 Å². The number of carbonyl (C=O) groups excluding carboxylic acids is 1. The maximum atomic E-state index is 12.6. The fourth-order valence-corrected chi connectivity index (χ4v) is 2.73. The van der Waals surface area contributed by atoms with E-state index in [1.807, 2.05) is 61.5 Å². The van der Waals surface area contributed by atoms with Crippen LogP contribution in [0.4, 0.5) is 0 Å². The third-order valence-corrected chi connectivity index (χ3v) is 4.24. The number of rotatable bonds is 6. The van der Waals surface area contributed by atoms with Gasteiger partial charge < -0.3 is 14.2 Å². The Labute approximate surface area is 153 Å². The van der Waals surface area contributed by atoms with Gasteiger partial charge in [-0.25, -0.2) is 0 Å². The predicted octanol–water partition coefficient (Wildman–Crippen LogP) is 4.18. The summed E-state index contributed by atoms with van der Waals surface area (Å²) in [4.78, 5) is 14.2. The molecule has 3 aromatic rings. The number of benzene rings is 2. The summed E-state index contributed by atoms with van der Waals surface area (Å²) in [7, 11) is 3.40. The lowest BCUT2D eigenvalue weighted by atomic mass is 10.0. The summed E-state index contributed by atoms with van der Waals surface area (Å²) in [6.45, 7) is 2.41. The Kier molecular flexibility index (Phi) is 5.37. The van der Waals surface area contributed by atoms with Gasteiger partial charge in [-0.1, -0.05) is 36.3 Å². The third kappa shape index (κ3) is 3.94. The third-order valence-electron chi connectivity index (χ3n) is 4.24. The van der Waals surface area contributed by atoms with Crippen molar-refractivity contribution in [3.05, 3.63) is 71.6 Å². The van der Waals surface area contributed by atoms with Gasteiger partial charge in [-0.05, 0) is 41.8 Å². The minimum absolute atomic E-state index is 0.0587. The van der Waals surface area contributed by atoms with Gasteiger partial charge >= 0.3 is 0 Å². The summed E-state index contributed by atoms with van der Waals surface area (Å²) in [5.41, 5.74) is 3.61. The van der Waals surface area contributed by atoms with Crippen LogP contribution in [0.15, 0.2) is 59.1 Å². The van der Waals surface area contributed by atoms with E-state index in [-0.39, 0.29) is 5.91 Å². The van der Waals surface area contributed by atoms with Gasteiger partial charge in [-0.3, -0.25) is 4.79 Å². The molecular formula is C21H22N2O3. The molecule has 0 unspecified atom stereocenters. The predicted molar refractivity (Wildman–Crippen MR) is 100 cm³/mol. The largest absolute Gasteiger partial charge is 0.497 e. The first kappa shape index (κ1) is 17.7.